The fourth-order valence-electron chi connectivity index (χ4n) is 1.11. The first-order valence-electron chi connectivity index (χ1n) is 4.70. The third-order valence-corrected chi connectivity index (χ3v) is 1.97. The summed E-state index contributed by atoms with van der Waals surface area (Å²) in [5, 5.41) is 7.34. The lowest BCUT2D eigenvalue weighted by Gasteiger charge is -2.14. The number of aromatic nitrogens is 2. The second-order valence-electron chi connectivity index (χ2n) is 3.69. The lowest BCUT2D eigenvalue weighted by molar-refractivity contribution is 0.0784. The van der Waals surface area contributed by atoms with Gasteiger partial charge in [0.2, 0.25) is 0 Å². The topological polar surface area (TPSA) is 66.4 Å². The highest BCUT2D eigenvalue weighted by Gasteiger charge is 2.21. The average Bonchev–Trinajstić information content (AvgIpc) is 2.26. The molecule has 6 heteroatoms. The first-order valence-corrected chi connectivity index (χ1v) is 4.70. The monoisotopic (exact) mass is 222 g/mol. The number of nitrogens with zero attached hydrogens (tertiary/aromatic N) is 4. The fourth-order valence-corrected chi connectivity index (χ4v) is 1.11. The number of rotatable bonds is 2. The molecule has 0 N–H and O–H groups in total. The second-order valence-corrected chi connectivity index (χ2v) is 3.69. The molecule has 1 aromatic heterocycles. The molecule has 86 valence electrons. The van der Waals surface area contributed by atoms with Gasteiger partial charge in [-0.1, -0.05) is 0 Å². The summed E-state index contributed by atoms with van der Waals surface area (Å²) in [6.45, 7) is 0. The normalized spacial score (nSPS) is 9.75. The van der Waals surface area contributed by atoms with Crippen LogP contribution in [0.5, 0.6) is 0 Å². The van der Waals surface area contributed by atoms with Gasteiger partial charge in [-0.15, -0.1) is 5.10 Å². The molecule has 0 bridgehead atoms. The van der Waals surface area contributed by atoms with Gasteiger partial charge in [0.1, 0.15) is 0 Å². The van der Waals surface area contributed by atoms with E-state index < -0.39 is 0 Å². The van der Waals surface area contributed by atoms with Crippen LogP contribution in [-0.4, -0.2) is 60.0 Å². The SMILES string of the molecule is CN(C)C(=O)c1ccnnc1C(=O)N(C)C. The zero-order valence-corrected chi connectivity index (χ0v) is 9.76. The maximum Gasteiger partial charge on any atom is 0.274 e. The van der Waals surface area contributed by atoms with Gasteiger partial charge in [-0.3, -0.25) is 9.59 Å². The minimum absolute atomic E-state index is 0.0752. The molecule has 0 fully saturated rings. The molecule has 6 nitrogen and oxygen atoms in total. The Bertz CT molecular complexity index is 376. The standard InChI is InChI=1S/C10H14N4O2/c1-13(2)9(15)7-5-6-11-12-8(7)10(16)14(3)4/h5-6H,1-4H3. The molecule has 0 aliphatic carbocycles. The molecule has 0 spiro atoms. The molecule has 1 aromatic rings. The molecule has 2 amide bonds. The Morgan fingerprint density at radius 2 is 1.62 bits per heavy atom. The minimum atomic E-state index is -0.335. The first-order chi connectivity index (χ1) is 7.45. The van der Waals surface area contributed by atoms with Crippen LogP contribution >= 0.6 is 0 Å². The van der Waals surface area contributed by atoms with E-state index >= 15 is 0 Å². The van der Waals surface area contributed by atoms with Gasteiger partial charge in [0.05, 0.1) is 11.8 Å². The molecule has 0 aliphatic rings. The molecule has 0 saturated carbocycles. The van der Waals surface area contributed by atoms with E-state index in [0.29, 0.717) is 0 Å². The van der Waals surface area contributed by atoms with Crippen LogP contribution in [0.15, 0.2) is 12.3 Å². The van der Waals surface area contributed by atoms with Gasteiger partial charge in [0.25, 0.3) is 11.8 Å². The summed E-state index contributed by atoms with van der Waals surface area (Å²) in [6, 6.07) is 1.49. The van der Waals surface area contributed by atoms with Crippen LogP contribution in [-0.2, 0) is 0 Å². The zero-order chi connectivity index (χ0) is 12.3. The Balaban J connectivity index is 3.20. The van der Waals surface area contributed by atoms with Crippen molar-refractivity contribution >= 4 is 11.8 Å². The Morgan fingerprint density at radius 3 is 2.12 bits per heavy atom. The van der Waals surface area contributed by atoms with Gasteiger partial charge in [-0.05, 0) is 6.07 Å². The van der Waals surface area contributed by atoms with E-state index in [-0.39, 0.29) is 23.1 Å². The molecular weight excluding hydrogens is 208 g/mol. The number of carbonyl (C=O) groups is 2. The summed E-state index contributed by atoms with van der Waals surface area (Å²) >= 11 is 0. The quantitative estimate of drug-likeness (QED) is 0.699. The van der Waals surface area contributed by atoms with Crippen LogP contribution in [0, 0.1) is 0 Å². The number of hydrogen-bond donors (Lipinski definition) is 0. The molecule has 0 aromatic carbocycles. The number of carbonyl (C=O) groups excluding carboxylic acids is 2. The predicted molar refractivity (Wildman–Crippen MR) is 58.1 cm³/mol. The molecule has 0 aliphatic heterocycles. The van der Waals surface area contributed by atoms with Gasteiger partial charge in [-0.25, -0.2) is 0 Å². The van der Waals surface area contributed by atoms with E-state index in [1.807, 2.05) is 0 Å². The van der Waals surface area contributed by atoms with E-state index in [1.165, 1.54) is 22.1 Å². The summed E-state index contributed by atoms with van der Waals surface area (Å²) in [6.07, 6.45) is 1.39. The van der Waals surface area contributed by atoms with Gasteiger partial charge in [0, 0.05) is 28.2 Å². The van der Waals surface area contributed by atoms with Crippen molar-refractivity contribution < 1.29 is 9.59 Å². The third kappa shape index (κ3) is 2.33. The first kappa shape index (κ1) is 12.1. The largest absolute Gasteiger partial charge is 0.345 e. The summed E-state index contributed by atoms with van der Waals surface area (Å²) in [5.74, 6) is -0.599. The van der Waals surface area contributed by atoms with E-state index in [2.05, 4.69) is 10.2 Å². The molecule has 0 atom stereocenters. The van der Waals surface area contributed by atoms with Crippen LogP contribution in [0.25, 0.3) is 0 Å². The Morgan fingerprint density at radius 1 is 1.06 bits per heavy atom. The van der Waals surface area contributed by atoms with Crippen molar-refractivity contribution in [3.05, 3.63) is 23.5 Å². The van der Waals surface area contributed by atoms with Crippen LogP contribution in [0.3, 0.4) is 0 Å². The highest BCUT2D eigenvalue weighted by atomic mass is 16.2. The second kappa shape index (κ2) is 4.69. The fraction of sp³-hybridized carbons (Fsp3) is 0.400. The smallest absolute Gasteiger partial charge is 0.274 e. The van der Waals surface area contributed by atoms with Crippen LogP contribution in [0.1, 0.15) is 20.8 Å². The zero-order valence-electron chi connectivity index (χ0n) is 9.76. The van der Waals surface area contributed by atoms with Crippen molar-refractivity contribution in [1.29, 1.82) is 0 Å². The van der Waals surface area contributed by atoms with Crippen LogP contribution < -0.4 is 0 Å². The minimum Gasteiger partial charge on any atom is -0.345 e. The Kier molecular flexibility index (Phi) is 3.55. The molecular formula is C10H14N4O2. The molecule has 0 unspecified atom stereocenters. The number of amides is 2. The van der Waals surface area contributed by atoms with Gasteiger partial charge in [-0.2, -0.15) is 5.10 Å². The third-order valence-electron chi connectivity index (χ3n) is 1.97. The summed E-state index contributed by atoms with van der Waals surface area (Å²) in [5.41, 5.74) is 0.338. The van der Waals surface area contributed by atoms with E-state index in [4.69, 9.17) is 0 Å². The van der Waals surface area contributed by atoms with E-state index in [1.54, 1.807) is 28.2 Å². The maximum absolute atomic E-state index is 11.8. The molecule has 0 radical (unpaired) electrons. The van der Waals surface area contributed by atoms with Crippen molar-refractivity contribution in [1.82, 2.24) is 20.0 Å². The van der Waals surface area contributed by atoms with Crippen molar-refractivity contribution in [3.8, 4) is 0 Å². The summed E-state index contributed by atoms with van der Waals surface area (Å²) in [4.78, 5) is 26.3. The highest BCUT2D eigenvalue weighted by Crippen LogP contribution is 2.08. The Hall–Kier alpha value is -1.98. The van der Waals surface area contributed by atoms with Gasteiger partial charge >= 0.3 is 0 Å². The molecule has 1 heterocycles. The highest BCUT2D eigenvalue weighted by molar-refractivity contribution is 6.05. The molecule has 1 rings (SSSR count). The van der Waals surface area contributed by atoms with E-state index in [9.17, 15) is 9.59 Å². The van der Waals surface area contributed by atoms with Crippen LogP contribution in [0.2, 0.25) is 0 Å². The van der Waals surface area contributed by atoms with Crippen molar-refractivity contribution in [2.45, 2.75) is 0 Å². The Labute approximate surface area is 93.9 Å². The lowest BCUT2D eigenvalue weighted by Crippen LogP contribution is -2.29. The lowest BCUT2D eigenvalue weighted by atomic mass is 10.2. The average molecular weight is 222 g/mol. The van der Waals surface area contributed by atoms with Crippen LogP contribution in [0.4, 0.5) is 0 Å². The maximum atomic E-state index is 11.8. The van der Waals surface area contributed by atoms with Crippen molar-refractivity contribution in [3.63, 3.8) is 0 Å². The van der Waals surface area contributed by atoms with E-state index in [0.717, 1.165) is 0 Å². The van der Waals surface area contributed by atoms with Crippen molar-refractivity contribution in [2.75, 3.05) is 28.2 Å². The summed E-state index contributed by atoms with van der Waals surface area (Å²) in [7, 11) is 6.43. The van der Waals surface area contributed by atoms with Gasteiger partial charge in [0.15, 0.2) is 5.69 Å². The van der Waals surface area contributed by atoms with Crippen molar-refractivity contribution in [2.24, 2.45) is 0 Å². The molecule has 0 saturated heterocycles. The molecule has 16 heavy (non-hydrogen) atoms. The predicted octanol–water partition coefficient (Wildman–Crippen LogP) is -0.120. The summed E-state index contributed by atoms with van der Waals surface area (Å²) < 4.78 is 0. The number of hydrogen-bond acceptors (Lipinski definition) is 4. The van der Waals surface area contributed by atoms with Gasteiger partial charge < -0.3 is 9.80 Å².